The van der Waals surface area contributed by atoms with Crippen LogP contribution in [0.5, 0.6) is 0 Å². The molecule has 0 aliphatic carbocycles. The van der Waals surface area contributed by atoms with Crippen LogP contribution in [0.2, 0.25) is 0 Å². The third-order valence-corrected chi connectivity index (χ3v) is 5.80. The van der Waals surface area contributed by atoms with E-state index < -0.39 is 23.8 Å². The number of fused-ring (bicyclic) bond motifs is 2. The van der Waals surface area contributed by atoms with E-state index in [0.717, 1.165) is 29.7 Å². The number of rotatable bonds is 5. The number of carbonyl (C=O) groups excluding carboxylic acids is 2. The van der Waals surface area contributed by atoms with Crippen LogP contribution in [0.3, 0.4) is 0 Å². The largest absolute Gasteiger partial charge is 0.449 e. The van der Waals surface area contributed by atoms with Gasteiger partial charge in [-0.3, -0.25) is 14.7 Å². The Bertz CT molecular complexity index is 1180. The number of anilines is 1. The van der Waals surface area contributed by atoms with Crippen LogP contribution in [0, 0.1) is 5.82 Å². The first kappa shape index (κ1) is 21.9. The molecular weight excluding hydrogens is 409 g/mol. The molecule has 0 saturated carbocycles. The van der Waals surface area contributed by atoms with Gasteiger partial charge in [-0.05, 0) is 39.0 Å². The number of carbonyl (C=O) groups is 2. The van der Waals surface area contributed by atoms with Crippen LogP contribution >= 0.6 is 0 Å². The second-order valence-electron chi connectivity index (χ2n) is 8.26. The van der Waals surface area contributed by atoms with Gasteiger partial charge in [0, 0.05) is 42.2 Å². The third kappa shape index (κ3) is 4.34. The molecule has 4 rings (SSSR count). The average Bonchev–Trinajstić information content (AvgIpc) is 2.78. The zero-order chi connectivity index (χ0) is 22.8. The Morgan fingerprint density at radius 3 is 2.56 bits per heavy atom. The number of amides is 1. The van der Waals surface area contributed by atoms with Crippen molar-refractivity contribution in [1.29, 1.82) is 0 Å². The van der Waals surface area contributed by atoms with E-state index in [1.807, 2.05) is 24.3 Å². The number of benzene rings is 2. The number of nitrogens with one attached hydrogen (secondary N) is 1. The van der Waals surface area contributed by atoms with Gasteiger partial charge < -0.3 is 10.1 Å². The topological polar surface area (TPSA) is 71.5 Å². The van der Waals surface area contributed by atoms with E-state index in [-0.39, 0.29) is 5.69 Å². The number of nitrogens with zero attached hydrogens (tertiary/aromatic N) is 2. The molecule has 7 heteroatoms. The molecule has 0 bridgehead atoms. The lowest BCUT2D eigenvalue weighted by Gasteiger charge is -2.32. The van der Waals surface area contributed by atoms with E-state index in [4.69, 9.17) is 9.72 Å². The molecule has 6 nitrogen and oxygen atoms in total. The summed E-state index contributed by atoms with van der Waals surface area (Å²) in [5, 5.41) is 3.17. The molecule has 1 N–H and O–H groups in total. The molecule has 1 amide bonds. The SMILES string of the molecule is CC(OC(=O)c1c2c(nc3ccccc13)CCN(C(C)C)C2)C(=O)Nc1ccccc1F. The Kier molecular flexibility index (Phi) is 6.19. The number of esters is 1. The van der Waals surface area contributed by atoms with E-state index in [9.17, 15) is 14.0 Å². The summed E-state index contributed by atoms with van der Waals surface area (Å²) in [6.45, 7) is 7.17. The van der Waals surface area contributed by atoms with Crippen molar-refractivity contribution in [3.8, 4) is 0 Å². The van der Waals surface area contributed by atoms with Crippen LogP contribution in [-0.4, -0.2) is 40.5 Å². The number of halogens is 1. The lowest BCUT2D eigenvalue weighted by atomic mass is 9.95. The smallest absolute Gasteiger partial charge is 0.339 e. The van der Waals surface area contributed by atoms with Gasteiger partial charge in [-0.2, -0.15) is 0 Å². The fourth-order valence-electron chi connectivity index (χ4n) is 3.95. The first-order chi connectivity index (χ1) is 15.3. The molecule has 1 aliphatic heterocycles. The maximum absolute atomic E-state index is 13.9. The van der Waals surface area contributed by atoms with E-state index >= 15 is 0 Å². The normalized spacial score (nSPS) is 14.8. The van der Waals surface area contributed by atoms with E-state index in [1.54, 1.807) is 6.07 Å². The van der Waals surface area contributed by atoms with Gasteiger partial charge >= 0.3 is 5.97 Å². The summed E-state index contributed by atoms with van der Waals surface area (Å²) in [7, 11) is 0. The summed E-state index contributed by atoms with van der Waals surface area (Å²) in [6, 6.07) is 13.6. The molecular formula is C25H26FN3O3. The van der Waals surface area contributed by atoms with Gasteiger partial charge in [-0.1, -0.05) is 30.3 Å². The standard InChI is InChI=1S/C25H26FN3O3/c1-15(2)29-13-12-21-18(14-29)23(17-8-4-6-10-20(17)27-21)25(31)32-16(3)24(30)28-22-11-7-5-9-19(22)26/h4-11,15-16H,12-14H2,1-3H3,(H,28,30). The average molecular weight is 435 g/mol. The van der Waals surface area contributed by atoms with Crippen LogP contribution in [0.1, 0.15) is 42.4 Å². The van der Waals surface area contributed by atoms with Crippen LogP contribution in [0.25, 0.3) is 10.9 Å². The molecule has 2 heterocycles. The highest BCUT2D eigenvalue weighted by molar-refractivity contribution is 6.06. The van der Waals surface area contributed by atoms with Crippen molar-refractivity contribution in [1.82, 2.24) is 9.88 Å². The Morgan fingerprint density at radius 2 is 1.81 bits per heavy atom. The summed E-state index contributed by atoms with van der Waals surface area (Å²) < 4.78 is 19.4. The quantitative estimate of drug-likeness (QED) is 0.604. The van der Waals surface area contributed by atoms with Crippen molar-refractivity contribution >= 4 is 28.5 Å². The van der Waals surface area contributed by atoms with Gasteiger partial charge in [0.1, 0.15) is 5.82 Å². The van der Waals surface area contributed by atoms with Crippen LogP contribution in [0.4, 0.5) is 10.1 Å². The Labute approximate surface area is 186 Å². The van der Waals surface area contributed by atoms with Crippen molar-refractivity contribution in [3.05, 3.63) is 71.2 Å². The van der Waals surface area contributed by atoms with Crippen LogP contribution in [-0.2, 0) is 22.5 Å². The van der Waals surface area contributed by atoms with Gasteiger partial charge in [0.25, 0.3) is 5.91 Å². The van der Waals surface area contributed by atoms with E-state index in [1.165, 1.54) is 25.1 Å². The predicted octanol–water partition coefficient (Wildman–Crippen LogP) is 4.32. The highest BCUT2D eigenvalue weighted by atomic mass is 19.1. The van der Waals surface area contributed by atoms with Gasteiger partial charge in [0.05, 0.1) is 16.8 Å². The lowest BCUT2D eigenvalue weighted by Crippen LogP contribution is -2.37. The zero-order valence-corrected chi connectivity index (χ0v) is 18.4. The Morgan fingerprint density at radius 1 is 1.09 bits per heavy atom. The van der Waals surface area contributed by atoms with Gasteiger partial charge in [-0.25, -0.2) is 9.18 Å². The fourth-order valence-corrected chi connectivity index (χ4v) is 3.95. The molecule has 1 aromatic heterocycles. The van der Waals surface area contributed by atoms with Gasteiger partial charge in [-0.15, -0.1) is 0 Å². The molecule has 0 saturated heterocycles. The van der Waals surface area contributed by atoms with Crippen molar-refractivity contribution in [2.75, 3.05) is 11.9 Å². The monoisotopic (exact) mass is 435 g/mol. The molecule has 1 atom stereocenters. The second-order valence-corrected chi connectivity index (χ2v) is 8.26. The summed E-state index contributed by atoms with van der Waals surface area (Å²) in [6.07, 6.45) is -0.364. The summed E-state index contributed by atoms with van der Waals surface area (Å²) in [4.78, 5) is 32.9. The summed E-state index contributed by atoms with van der Waals surface area (Å²) in [5.74, 6) is -1.73. The fraction of sp³-hybridized carbons (Fsp3) is 0.320. The van der Waals surface area contributed by atoms with Crippen LogP contribution < -0.4 is 5.32 Å². The number of hydrogen-bond donors (Lipinski definition) is 1. The maximum atomic E-state index is 13.9. The van der Waals surface area contributed by atoms with Gasteiger partial charge in [0.15, 0.2) is 6.10 Å². The highest BCUT2D eigenvalue weighted by Crippen LogP contribution is 2.30. The van der Waals surface area contributed by atoms with Crippen molar-refractivity contribution in [2.45, 2.75) is 45.9 Å². The van der Waals surface area contributed by atoms with Gasteiger partial charge in [0.2, 0.25) is 0 Å². The number of para-hydroxylation sites is 2. The Hall–Kier alpha value is -3.32. The first-order valence-corrected chi connectivity index (χ1v) is 10.8. The molecule has 0 fully saturated rings. The molecule has 0 radical (unpaired) electrons. The minimum absolute atomic E-state index is 0.0414. The minimum Gasteiger partial charge on any atom is -0.449 e. The number of hydrogen-bond acceptors (Lipinski definition) is 5. The van der Waals surface area contributed by atoms with Crippen molar-refractivity contribution in [3.63, 3.8) is 0 Å². The Balaban J connectivity index is 1.63. The molecule has 1 unspecified atom stereocenters. The molecule has 166 valence electrons. The molecule has 2 aromatic carbocycles. The van der Waals surface area contributed by atoms with Crippen molar-refractivity contribution in [2.24, 2.45) is 0 Å². The lowest BCUT2D eigenvalue weighted by molar-refractivity contribution is -0.123. The maximum Gasteiger partial charge on any atom is 0.339 e. The minimum atomic E-state index is -1.10. The van der Waals surface area contributed by atoms with Crippen LogP contribution in [0.15, 0.2) is 48.5 Å². The molecule has 3 aromatic rings. The second kappa shape index (κ2) is 9.04. The number of pyridine rings is 1. The zero-order valence-electron chi connectivity index (χ0n) is 18.4. The van der Waals surface area contributed by atoms with Crippen molar-refractivity contribution < 1.29 is 18.7 Å². The summed E-state index contributed by atoms with van der Waals surface area (Å²) >= 11 is 0. The predicted molar refractivity (Wildman–Crippen MR) is 121 cm³/mol. The number of ether oxygens (including phenoxy) is 1. The molecule has 32 heavy (non-hydrogen) atoms. The third-order valence-electron chi connectivity index (χ3n) is 5.80. The highest BCUT2D eigenvalue weighted by Gasteiger charge is 2.29. The first-order valence-electron chi connectivity index (χ1n) is 10.8. The summed E-state index contributed by atoms with van der Waals surface area (Å²) in [5.41, 5.74) is 2.94. The molecule has 0 spiro atoms. The number of aromatic nitrogens is 1. The molecule has 1 aliphatic rings. The van der Waals surface area contributed by atoms with E-state index in [0.29, 0.717) is 23.5 Å². The van der Waals surface area contributed by atoms with E-state index in [2.05, 4.69) is 24.1 Å².